The van der Waals surface area contributed by atoms with E-state index in [2.05, 4.69) is 85.2 Å². The minimum atomic E-state index is 0.172. The second-order valence-corrected chi connectivity index (χ2v) is 9.85. The molecule has 0 amide bonds. The van der Waals surface area contributed by atoms with Gasteiger partial charge in [0, 0.05) is 10.8 Å². The molecule has 0 saturated heterocycles. The van der Waals surface area contributed by atoms with Gasteiger partial charge in [-0.2, -0.15) is 0 Å². The van der Waals surface area contributed by atoms with Gasteiger partial charge in [0.15, 0.2) is 5.82 Å². The minimum absolute atomic E-state index is 0.172. The lowest BCUT2D eigenvalue weighted by Gasteiger charge is -2.42. The molecule has 4 nitrogen and oxygen atoms in total. The highest BCUT2D eigenvalue weighted by atomic mass is 32.1. The number of nitrogens with zero attached hydrogens (tertiary/aromatic N) is 3. The second-order valence-electron chi connectivity index (χ2n) is 8.74. The van der Waals surface area contributed by atoms with Crippen molar-refractivity contribution in [3.05, 3.63) is 64.6 Å². The lowest BCUT2D eigenvalue weighted by atomic mass is 9.62. The summed E-state index contributed by atoms with van der Waals surface area (Å²) in [7, 11) is 0. The van der Waals surface area contributed by atoms with E-state index in [0.29, 0.717) is 5.82 Å². The van der Waals surface area contributed by atoms with Crippen molar-refractivity contribution in [2.75, 3.05) is 0 Å². The Kier molecular flexibility index (Phi) is 4.30. The number of allylic oxidation sites excluding steroid dienone is 1. The Bertz CT molecular complexity index is 966. The Balaban J connectivity index is 1.75. The normalized spacial score (nSPS) is 18.7. The van der Waals surface area contributed by atoms with Crippen molar-refractivity contribution in [1.29, 1.82) is 0 Å². The molecule has 3 aromatic rings. The summed E-state index contributed by atoms with van der Waals surface area (Å²) in [5, 5.41) is 14.2. The molecule has 1 aliphatic carbocycles. The monoisotopic (exact) mass is 378 g/mol. The van der Waals surface area contributed by atoms with Crippen molar-refractivity contribution < 1.29 is 0 Å². The molecule has 140 valence electrons. The van der Waals surface area contributed by atoms with Crippen LogP contribution in [0.25, 0.3) is 10.7 Å². The van der Waals surface area contributed by atoms with Crippen LogP contribution in [0.1, 0.15) is 68.0 Å². The Labute approximate surface area is 164 Å². The molecule has 1 atom stereocenters. The van der Waals surface area contributed by atoms with Gasteiger partial charge in [0.1, 0.15) is 0 Å². The number of nitrogens with one attached hydrogen (secondary N) is 1. The number of aromatic amines is 1. The van der Waals surface area contributed by atoms with Crippen LogP contribution in [0.3, 0.4) is 0 Å². The van der Waals surface area contributed by atoms with Crippen LogP contribution in [-0.4, -0.2) is 20.6 Å². The molecule has 1 N–H and O–H groups in total. The first-order valence-corrected chi connectivity index (χ1v) is 10.2. The molecule has 0 fully saturated rings. The van der Waals surface area contributed by atoms with Gasteiger partial charge in [0.25, 0.3) is 0 Å². The Morgan fingerprint density at radius 2 is 1.81 bits per heavy atom. The first-order valence-electron chi connectivity index (χ1n) is 9.43. The molecule has 1 aromatic carbocycles. The third-order valence-corrected chi connectivity index (χ3v) is 7.16. The summed E-state index contributed by atoms with van der Waals surface area (Å²) in [4.78, 5) is 2.30. The van der Waals surface area contributed by atoms with Crippen LogP contribution in [0, 0.1) is 0 Å². The van der Waals surface area contributed by atoms with Crippen LogP contribution in [0.15, 0.2) is 43.0 Å². The van der Waals surface area contributed by atoms with E-state index >= 15 is 0 Å². The van der Waals surface area contributed by atoms with Gasteiger partial charge in [0.05, 0.1) is 4.88 Å². The van der Waals surface area contributed by atoms with Gasteiger partial charge in [-0.15, -0.1) is 23.0 Å². The largest absolute Gasteiger partial charge is 0.238 e. The van der Waals surface area contributed by atoms with Crippen LogP contribution in [0.5, 0.6) is 0 Å². The third-order valence-electron chi connectivity index (χ3n) is 5.98. The highest BCUT2D eigenvalue weighted by Crippen LogP contribution is 2.47. The molecule has 1 aliphatic rings. The summed E-state index contributed by atoms with van der Waals surface area (Å²) in [5.41, 5.74) is 4.73. The fourth-order valence-corrected chi connectivity index (χ4v) is 5.20. The van der Waals surface area contributed by atoms with E-state index < -0.39 is 0 Å². The molecular formula is C22H26N4S. The summed E-state index contributed by atoms with van der Waals surface area (Å²) < 4.78 is 0. The SMILES string of the molecule is C=CC(c1ccc2c(c1)C(C)(C)CCC2(C)C)c1ccc(-c2nnn[nH]2)s1. The predicted molar refractivity (Wildman–Crippen MR) is 111 cm³/mol. The molecule has 27 heavy (non-hydrogen) atoms. The lowest BCUT2D eigenvalue weighted by Crippen LogP contribution is -2.34. The molecule has 4 rings (SSSR count). The molecule has 0 bridgehead atoms. The maximum absolute atomic E-state index is 4.12. The molecule has 0 saturated carbocycles. The molecule has 0 aliphatic heterocycles. The maximum atomic E-state index is 4.12. The molecule has 0 spiro atoms. The average Bonchev–Trinajstić information content (AvgIpc) is 3.31. The highest BCUT2D eigenvalue weighted by Gasteiger charge is 2.37. The summed E-state index contributed by atoms with van der Waals surface area (Å²) in [6.07, 6.45) is 4.49. The zero-order valence-electron chi connectivity index (χ0n) is 16.4. The maximum Gasteiger partial charge on any atom is 0.189 e. The van der Waals surface area contributed by atoms with Crippen molar-refractivity contribution in [2.45, 2.75) is 57.3 Å². The van der Waals surface area contributed by atoms with Crippen molar-refractivity contribution in [2.24, 2.45) is 0 Å². The van der Waals surface area contributed by atoms with Crippen LogP contribution in [0.4, 0.5) is 0 Å². The first-order chi connectivity index (χ1) is 12.8. The molecular weight excluding hydrogens is 352 g/mol. The number of tetrazole rings is 1. The number of aromatic nitrogens is 4. The number of fused-ring (bicyclic) bond motifs is 1. The van der Waals surface area contributed by atoms with E-state index in [9.17, 15) is 0 Å². The Hall–Kier alpha value is -2.27. The number of hydrogen-bond acceptors (Lipinski definition) is 4. The second kappa shape index (κ2) is 6.41. The van der Waals surface area contributed by atoms with E-state index in [1.807, 2.05) is 6.08 Å². The first kappa shape index (κ1) is 18.1. The summed E-state index contributed by atoms with van der Waals surface area (Å²) >= 11 is 1.71. The Morgan fingerprint density at radius 3 is 2.48 bits per heavy atom. The Morgan fingerprint density at radius 1 is 1.07 bits per heavy atom. The van der Waals surface area contributed by atoms with Crippen molar-refractivity contribution in [3.8, 4) is 10.7 Å². The molecule has 1 unspecified atom stereocenters. The zero-order chi connectivity index (χ0) is 19.2. The molecule has 2 heterocycles. The fourth-order valence-electron chi connectivity index (χ4n) is 4.13. The third kappa shape index (κ3) is 3.14. The van der Waals surface area contributed by atoms with E-state index in [-0.39, 0.29) is 16.7 Å². The minimum Gasteiger partial charge on any atom is -0.238 e. The lowest BCUT2D eigenvalue weighted by molar-refractivity contribution is 0.331. The van der Waals surface area contributed by atoms with Gasteiger partial charge >= 0.3 is 0 Å². The van der Waals surface area contributed by atoms with Crippen LogP contribution < -0.4 is 0 Å². The van der Waals surface area contributed by atoms with Crippen molar-refractivity contribution >= 4 is 11.3 Å². The average molecular weight is 379 g/mol. The number of H-pyrrole nitrogens is 1. The van der Waals surface area contributed by atoms with Gasteiger partial charge in [-0.1, -0.05) is 52.0 Å². The van der Waals surface area contributed by atoms with Crippen LogP contribution in [0.2, 0.25) is 0 Å². The smallest absolute Gasteiger partial charge is 0.189 e. The summed E-state index contributed by atoms with van der Waals surface area (Å²) in [6, 6.07) is 11.3. The van der Waals surface area contributed by atoms with E-state index in [1.54, 1.807) is 11.3 Å². The highest BCUT2D eigenvalue weighted by molar-refractivity contribution is 7.15. The fraction of sp³-hybridized carbons (Fsp3) is 0.409. The predicted octanol–water partition coefficient (Wildman–Crippen LogP) is 5.60. The molecule has 2 aromatic heterocycles. The van der Waals surface area contributed by atoms with Crippen molar-refractivity contribution in [1.82, 2.24) is 20.6 Å². The standard InChI is InChI=1S/C22H26N4S/c1-6-15(18-9-10-19(27-18)20-23-25-26-24-20)14-7-8-16-17(13-14)22(4,5)12-11-21(16,2)3/h6-10,13,15H,1,11-12H2,2-5H3,(H,23,24,25,26). The zero-order valence-corrected chi connectivity index (χ0v) is 17.2. The van der Waals surface area contributed by atoms with Gasteiger partial charge in [0.2, 0.25) is 0 Å². The van der Waals surface area contributed by atoms with Crippen LogP contribution >= 0.6 is 11.3 Å². The number of benzene rings is 1. The van der Waals surface area contributed by atoms with Crippen molar-refractivity contribution in [3.63, 3.8) is 0 Å². The van der Waals surface area contributed by atoms with Gasteiger partial charge < -0.3 is 0 Å². The number of thiophene rings is 1. The summed E-state index contributed by atoms with van der Waals surface area (Å²) in [6.45, 7) is 13.6. The number of hydrogen-bond donors (Lipinski definition) is 1. The number of rotatable bonds is 4. The molecule has 0 radical (unpaired) electrons. The van der Waals surface area contributed by atoms with E-state index in [4.69, 9.17) is 0 Å². The van der Waals surface area contributed by atoms with Gasteiger partial charge in [-0.05, 0) is 62.9 Å². The van der Waals surface area contributed by atoms with Gasteiger partial charge in [-0.3, -0.25) is 0 Å². The summed E-state index contributed by atoms with van der Waals surface area (Å²) in [5.74, 6) is 0.883. The van der Waals surface area contributed by atoms with Gasteiger partial charge in [-0.25, -0.2) is 5.10 Å². The van der Waals surface area contributed by atoms with E-state index in [1.165, 1.54) is 34.4 Å². The molecule has 5 heteroatoms. The topological polar surface area (TPSA) is 54.5 Å². The quantitative estimate of drug-likeness (QED) is 0.602. The van der Waals surface area contributed by atoms with E-state index in [0.717, 1.165) is 4.88 Å². The van der Waals surface area contributed by atoms with Crippen LogP contribution in [-0.2, 0) is 10.8 Å².